The van der Waals surface area contributed by atoms with Gasteiger partial charge in [0, 0.05) is 0 Å². The summed E-state index contributed by atoms with van der Waals surface area (Å²) in [5.41, 5.74) is -0.709. The topological polar surface area (TPSA) is 66.8 Å². The minimum absolute atomic E-state index is 0.269. The fraction of sp³-hybridized carbons (Fsp3) is 0.333. The van der Waals surface area contributed by atoms with Crippen LogP contribution in [-0.4, -0.2) is 35.2 Å². The van der Waals surface area contributed by atoms with Gasteiger partial charge in [0.05, 0.1) is 40.3 Å². The van der Waals surface area contributed by atoms with Gasteiger partial charge in [0.2, 0.25) is 11.8 Å². The lowest BCUT2D eigenvalue weighted by Gasteiger charge is -2.26. The van der Waals surface area contributed by atoms with E-state index in [1.165, 1.54) is 6.07 Å². The van der Waals surface area contributed by atoms with Crippen LogP contribution in [0.25, 0.3) is 0 Å². The zero-order valence-corrected chi connectivity index (χ0v) is 12.7. The number of rotatable bonds is 2. The molecule has 3 aliphatic rings. The number of anilines is 1. The highest BCUT2D eigenvalue weighted by atomic mass is 35.5. The second-order valence-electron chi connectivity index (χ2n) is 5.67. The van der Waals surface area contributed by atoms with E-state index in [-0.39, 0.29) is 23.4 Å². The Morgan fingerprint density at radius 1 is 1.23 bits per heavy atom. The van der Waals surface area contributed by atoms with Crippen LogP contribution in [-0.2, 0) is 14.3 Å². The number of nitrogens with zero attached hydrogens (tertiary/aromatic N) is 1. The summed E-state index contributed by atoms with van der Waals surface area (Å²) in [6.45, 7) is -0.338. The van der Waals surface area contributed by atoms with Gasteiger partial charge < -0.3 is 9.84 Å². The number of hydrogen-bond acceptors (Lipinski definition) is 4. The van der Waals surface area contributed by atoms with Gasteiger partial charge in [0.25, 0.3) is 0 Å². The Labute approximate surface area is 136 Å². The molecule has 0 aliphatic carbocycles. The third kappa shape index (κ3) is 1.62. The van der Waals surface area contributed by atoms with Crippen LogP contribution in [0.1, 0.15) is 0 Å². The van der Waals surface area contributed by atoms with Gasteiger partial charge >= 0.3 is 0 Å². The number of benzene rings is 1. The van der Waals surface area contributed by atoms with Crippen LogP contribution < -0.4 is 4.90 Å². The summed E-state index contributed by atoms with van der Waals surface area (Å²) in [7, 11) is 0. The molecule has 5 nitrogen and oxygen atoms in total. The van der Waals surface area contributed by atoms with Gasteiger partial charge in [-0.1, -0.05) is 35.4 Å². The molecule has 0 unspecified atom stereocenters. The summed E-state index contributed by atoms with van der Waals surface area (Å²) in [6, 6.07) is 4.61. The van der Waals surface area contributed by atoms with E-state index in [1.54, 1.807) is 24.3 Å². The zero-order valence-electron chi connectivity index (χ0n) is 11.2. The van der Waals surface area contributed by atoms with Gasteiger partial charge in [0.15, 0.2) is 0 Å². The van der Waals surface area contributed by atoms with Crippen molar-refractivity contribution < 1.29 is 19.4 Å². The summed E-state index contributed by atoms with van der Waals surface area (Å²) in [6.07, 6.45) is 2.95. The molecule has 4 rings (SSSR count). The second kappa shape index (κ2) is 4.55. The largest absolute Gasteiger partial charge is 0.393 e. The van der Waals surface area contributed by atoms with Crippen LogP contribution in [0.2, 0.25) is 10.0 Å². The number of aliphatic hydroxyl groups is 1. The average molecular weight is 340 g/mol. The molecule has 0 radical (unpaired) electrons. The van der Waals surface area contributed by atoms with Crippen molar-refractivity contribution in [3.05, 3.63) is 40.4 Å². The normalized spacial score (nSPS) is 35.6. The molecule has 7 heteroatoms. The van der Waals surface area contributed by atoms with Crippen molar-refractivity contribution in [1.82, 2.24) is 0 Å². The lowest BCUT2D eigenvalue weighted by molar-refractivity contribution is -0.128. The Hall–Kier alpha value is -1.40. The fourth-order valence-electron chi connectivity index (χ4n) is 3.56. The maximum atomic E-state index is 12.8. The molecular formula is C15H11Cl2NO4. The molecule has 114 valence electrons. The smallest absolute Gasteiger partial charge is 0.241 e. The predicted molar refractivity (Wildman–Crippen MR) is 79.8 cm³/mol. The Morgan fingerprint density at radius 3 is 2.68 bits per heavy atom. The average Bonchev–Trinajstić information content (AvgIpc) is 3.14. The summed E-state index contributed by atoms with van der Waals surface area (Å²) in [5, 5.41) is 10.3. The van der Waals surface area contributed by atoms with E-state index in [4.69, 9.17) is 27.9 Å². The summed E-state index contributed by atoms with van der Waals surface area (Å²) >= 11 is 11.8. The Kier molecular flexibility index (Phi) is 2.94. The van der Waals surface area contributed by atoms with Gasteiger partial charge in [-0.15, -0.1) is 0 Å². The van der Waals surface area contributed by atoms with Crippen molar-refractivity contribution in [2.24, 2.45) is 11.8 Å². The number of carbonyl (C=O) groups excluding carboxylic acids is 2. The molecule has 0 aromatic heterocycles. The maximum absolute atomic E-state index is 12.8. The van der Waals surface area contributed by atoms with Gasteiger partial charge in [-0.3, -0.25) is 9.59 Å². The third-order valence-electron chi connectivity index (χ3n) is 4.56. The highest BCUT2D eigenvalue weighted by Gasteiger charge is 2.67. The van der Waals surface area contributed by atoms with Gasteiger partial charge in [-0.2, -0.15) is 0 Å². The summed E-state index contributed by atoms with van der Waals surface area (Å²) in [4.78, 5) is 26.5. The number of amides is 2. The van der Waals surface area contributed by atoms with Crippen molar-refractivity contribution in [2.75, 3.05) is 11.5 Å². The number of hydrogen-bond donors (Lipinski definition) is 1. The third-order valence-corrected chi connectivity index (χ3v) is 5.30. The molecule has 2 amide bonds. The zero-order chi connectivity index (χ0) is 15.6. The van der Waals surface area contributed by atoms with E-state index in [2.05, 4.69) is 0 Å². The van der Waals surface area contributed by atoms with Crippen molar-refractivity contribution in [2.45, 2.75) is 11.7 Å². The van der Waals surface area contributed by atoms with Crippen molar-refractivity contribution in [3.8, 4) is 0 Å². The molecule has 0 spiro atoms. The first-order chi connectivity index (χ1) is 10.5. The van der Waals surface area contributed by atoms with E-state index in [1.807, 2.05) is 0 Å². The van der Waals surface area contributed by atoms with Crippen LogP contribution in [0.15, 0.2) is 30.4 Å². The molecule has 2 bridgehead atoms. The molecule has 22 heavy (non-hydrogen) atoms. The molecule has 1 aromatic carbocycles. The standard InChI is InChI=1S/C15H11Cl2NO4/c16-8-2-1-7(5-9(8)17)18-13(20)11-10-3-4-15(6-19,22-10)12(11)14(18)21/h1-5,10-12,19H,6H2/t10-,11+,12-,15+/m1/s1. The number of fused-ring (bicyclic) bond motifs is 5. The summed E-state index contributed by atoms with van der Waals surface area (Å²) < 4.78 is 5.67. The quantitative estimate of drug-likeness (QED) is 0.659. The van der Waals surface area contributed by atoms with Crippen LogP contribution in [0.4, 0.5) is 5.69 Å². The van der Waals surface area contributed by atoms with E-state index in [0.717, 1.165) is 4.90 Å². The number of aliphatic hydroxyl groups excluding tert-OH is 1. The molecule has 4 atom stereocenters. The predicted octanol–water partition coefficient (Wildman–Crippen LogP) is 1.80. The fourth-order valence-corrected chi connectivity index (χ4v) is 3.85. The first-order valence-electron chi connectivity index (χ1n) is 6.79. The number of carbonyl (C=O) groups is 2. The number of ether oxygens (including phenoxy) is 1. The highest BCUT2D eigenvalue weighted by Crippen LogP contribution is 2.52. The van der Waals surface area contributed by atoms with Gasteiger partial charge in [0.1, 0.15) is 5.60 Å². The van der Waals surface area contributed by atoms with Crippen molar-refractivity contribution in [1.29, 1.82) is 0 Å². The van der Waals surface area contributed by atoms with E-state index in [0.29, 0.717) is 10.7 Å². The first kappa shape index (κ1) is 14.2. The highest BCUT2D eigenvalue weighted by molar-refractivity contribution is 6.42. The molecule has 2 fully saturated rings. The van der Waals surface area contributed by atoms with Crippen LogP contribution in [0.5, 0.6) is 0 Å². The maximum Gasteiger partial charge on any atom is 0.241 e. The van der Waals surface area contributed by atoms with Gasteiger partial charge in [-0.25, -0.2) is 4.90 Å². The monoisotopic (exact) mass is 339 g/mol. The van der Waals surface area contributed by atoms with Gasteiger partial charge in [-0.05, 0) is 18.2 Å². The second-order valence-corrected chi connectivity index (χ2v) is 6.48. The van der Waals surface area contributed by atoms with E-state index >= 15 is 0 Å². The number of imide groups is 1. The van der Waals surface area contributed by atoms with Crippen LogP contribution in [0.3, 0.4) is 0 Å². The molecular weight excluding hydrogens is 329 g/mol. The van der Waals surface area contributed by atoms with E-state index < -0.39 is 23.5 Å². The Balaban J connectivity index is 1.77. The van der Waals surface area contributed by atoms with Crippen molar-refractivity contribution in [3.63, 3.8) is 0 Å². The van der Waals surface area contributed by atoms with Crippen LogP contribution >= 0.6 is 23.2 Å². The Morgan fingerprint density at radius 2 is 2.00 bits per heavy atom. The minimum atomic E-state index is -1.09. The number of halogens is 2. The molecule has 3 aliphatic heterocycles. The minimum Gasteiger partial charge on any atom is -0.393 e. The Bertz CT molecular complexity index is 734. The van der Waals surface area contributed by atoms with Crippen molar-refractivity contribution >= 4 is 40.7 Å². The SMILES string of the molecule is O=C1[C@H]2[C@H]3C=C[C@@](CO)(O3)[C@H]2C(=O)N1c1ccc(Cl)c(Cl)c1. The lowest BCUT2D eigenvalue weighted by atomic mass is 9.77. The summed E-state index contributed by atoms with van der Waals surface area (Å²) in [5.74, 6) is -2.01. The van der Waals surface area contributed by atoms with E-state index in [9.17, 15) is 14.7 Å². The molecule has 2 saturated heterocycles. The van der Waals surface area contributed by atoms with Crippen LogP contribution in [0, 0.1) is 11.8 Å². The first-order valence-corrected chi connectivity index (χ1v) is 7.55. The molecule has 3 heterocycles. The lowest BCUT2D eigenvalue weighted by Crippen LogP contribution is -2.43. The molecule has 1 N–H and O–H groups in total. The molecule has 1 aromatic rings. The molecule has 0 saturated carbocycles.